The lowest BCUT2D eigenvalue weighted by molar-refractivity contribution is -0.0439. The quantitative estimate of drug-likeness (QED) is 0.776. The molecule has 0 spiro atoms. The molecule has 2 rings (SSSR count). The van der Waals surface area contributed by atoms with Crippen LogP contribution in [-0.2, 0) is 0 Å². The topological polar surface area (TPSA) is 27.7 Å². The number of fused-ring (bicyclic) bond motifs is 1. The van der Waals surface area contributed by atoms with Gasteiger partial charge in [-0.1, -0.05) is 15.9 Å². The van der Waals surface area contributed by atoms with Gasteiger partial charge < -0.3 is 14.2 Å². The highest BCUT2D eigenvalue weighted by Crippen LogP contribution is 2.47. The molecule has 1 aliphatic heterocycles. The first-order valence-electron chi connectivity index (χ1n) is 4.27. The molecule has 0 atom stereocenters. The summed E-state index contributed by atoms with van der Waals surface area (Å²) in [5, 5.41) is 0. The van der Waals surface area contributed by atoms with Crippen LogP contribution in [0, 0.1) is 0 Å². The summed E-state index contributed by atoms with van der Waals surface area (Å²) in [6, 6.07) is 3.72. The molecule has 0 saturated heterocycles. The number of rotatable bonds is 1. The molecule has 1 aromatic carbocycles. The van der Waals surface area contributed by atoms with Gasteiger partial charge in [-0.15, -0.1) is 0 Å². The highest BCUT2D eigenvalue weighted by Gasteiger charge is 2.34. The molecule has 0 unspecified atom stereocenters. The molecule has 3 nitrogen and oxygen atoms in total. The average Bonchev–Trinajstić information content (AvgIpc) is 2.37. The Kier molecular flexibility index (Phi) is 2.10. The summed E-state index contributed by atoms with van der Waals surface area (Å²) in [5.74, 6) is 1.44. The zero-order chi connectivity index (χ0) is 10.3. The van der Waals surface area contributed by atoms with Gasteiger partial charge in [-0.25, -0.2) is 0 Å². The first kappa shape index (κ1) is 9.65. The summed E-state index contributed by atoms with van der Waals surface area (Å²) in [4.78, 5) is 0. The number of methoxy groups -OCH3 is 1. The van der Waals surface area contributed by atoms with Crippen LogP contribution in [0.2, 0.25) is 0 Å². The van der Waals surface area contributed by atoms with Crippen molar-refractivity contribution in [1.29, 1.82) is 0 Å². The molecule has 0 fully saturated rings. The second kappa shape index (κ2) is 3.05. The van der Waals surface area contributed by atoms with Gasteiger partial charge in [0.15, 0.2) is 11.5 Å². The van der Waals surface area contributed by atoms with Crippen LogP contribution < -0.4 is 14.2 Å². The molecule has 0 aromatic heterocycles. The number of hydrogen-bond acceptors (Lipinski definition) is 3. The van der Waals surface area contributed by atoms with Gasteiger partial charge in [0.2, 0.25) is 11.5 Å². The number of hydrogen-bond donors (Lipinski definition) is 0. The summed E-state index contributed by atoms with van der Waals surface area (Å²) >= 11 is 3.38. The number of ether oxygens (including phenoxy) is 3. The van der Waals surface area contributed by atoms with Crippen molar-refractivity contribution in [1.82, 2.24) is 0 Å². The zero-order valence-corrected chi connectivity index (χ0v) is 9.84. The van der Waals surface area contributed by atoms with Crippen molar-refractivity contribution >= 4 is 15.9 Å². The lowest BCUT2D eigenvalue weighted by Crippen LogP contribution is -2.29. The molecular weight excluding hydrogens is 248 g/mol. The van der Waals surface area contributed by atoms with Gasteiger partial charge in [0.1, 0.15) is 0 Å². The van der Waals surface area contributed by atoms with E-state index in [-0.39, 0.29) is 0 Å². The van der Waals surface area contributed by atoms with Gasteiger partial charge in [0.25, 0.3) is 0 Å². The summed E-state index contributed by atoms with van der Waals surface area (Å²) in [6.45, 7) is 3.72. The maximum Gasteiger partial charge on any atom is 0.246 e. The van der Waals surface area contributed by atoms with Crippen LogP contribution >= 0.6 is 15.9 Å². The number of halogens is 1. The summed E-state index contributed by atoms with van der Waals surface area (Å²) in [7, 11) is 1.61. The summed E-state index contributed by atoms with van der Waals surface area (Å²) < 4.78 is 17.3. The third-order valence-electron chi connectivity index (χ3n) is 1.91. The van der Waals surface area contributed by atoms with E-state index in [0.717, 1.165) is 4.47 Å². The van der Waals surface area contributed by atoms with Gasteiger partial charge in [0.05, 0.1) is 7.11 Å². The molecule has 0 amide bonds. The molecule has 0 radical (unpaired) electrons. The average molecular weight is 259 g/mol. The second-order valence-electron chi connectivity index (χ2n) is 3.54. The van der Waals surface area contributed by atoms with Gasteiger partial charge in [0, 0.05) is 18.3 Å². The molecule has 0 N–H and O–H groups in total. The minimum absolute atomic E-state index is 0.615. The van der Waals surface area contributed by atoms with Crippen molar-refractivity contribution in [2.45, 2.75) is 19.6 Å². The molecule has 1 aliphatic rings. The van der Waals surface area contributed by atoms with Gasteiger partial charge in [-0.3, -0.25) is 0 Å². The van der Waals surface area contributed by atoms with Crippen molar-refractivity contribution in [2.75, 3.05) is 7.11 Å². The lowest BCUT2D eigenvalue weighted by Gasteiger charge is -2.16. The van der Waals surface area contributed by atoms with Gasteiger partial charge >= 0.3 is 0 Å². The van der Waals surface area contributed by atoms with Crippen LogP contribution in [0.15, 0.2) is 16.6 Å². The fourth-order valence-corrected chi connectivity index (χ4v) is 1.82. The highest BCUT2D eigenvalue weighted by molar-refractivity contribution is 9.10. The van der Waals surface area contributed by atoms with Crippen molar-refractivity contribution in [3.8, 4) is 17.2 Å². The van der Waals surface area contributed by atoms with Crippen LogP contribution in [0.4, 0.5) is 0 Å². The molecule has 76 valence electrons. The Morgan fingerprint density at radius 1 is 1.29 bits per heavy atom. The van der Waals surface area contributed by atoms with E-state index >= 15 is 0 Å². The Morgan fingerprint density at radius 3 is 2.64 bits per heavy atom. The smallest absolute Gasteiger partial charge is 0.246 e. The fourth-order valence-electron chi connectivity index (χ4n) is 1.40. The van der Waals surface area contributed by atoms with Gasteiger partial charge in [-0.2, -0.15) is 0 Å². The summed E-state index contributed by atoms with van der Waals surface area (Å²) in [5.41, 5.74) is 0. The first-order chi connectivity index (χ1) is 6.52. The van der Waals surface area contributed by atoms with Crippen LogP contribution in [-0.4, -0.2) is 12.9 Å². The van der Waals surface area contributed by atoms with E-state index in [9.17, 15) is 0 Å². The van der Waals surface area contributed by atoms with E-state index in [4.69, 9.17) is 14.2 Å². The Labute approximate surface area is 91.1 Å². The van der Waals surface area contributed by atoms with Crippen LogP contribution in [0.25, 0.3) is 0 Å². The number of benzene rings is 1. The van der Waals surface area contributed by atoms with E-state index in [0.29, 0.717) is 17.2 Å². The Hall–Kier alpha value is -0.900. The SMILES string of the molecule is COc1cc(Br)cc2c1OC(C)(C)O2. The third kappa shape index (κ3) is 1.54. The minimum Gasteiger partial charge on any atom is -0.493 e. The molecule has 0 saturated carbocycles. The molecule has 0 bridgehead atoms. The van der Waals surface area contributed by atoms with Crippen molar-refractivity contribution in [3.63, 3.8) is 0 Å². The third-order valence-corrected chi connectivity index (χ3v) is 2.37. The van der Waals surface area contributed by atoms with Crippen molar-refractivity contribution in [2.24, 2.45) is 0 Å². The molecule has 1 aromatic rings. The second-order valence-corrected chi connectivity index (χ2v) is 4.45. The zero-order valence-electron chi connectivity index (χ0n) is 8.26. The first-order valence-corrected chi connectivity index (χ1v) is 5.07. The van der Waals surface area contributed by atoms with E-state index in [1.54, 1.807) is 7.11 Å². The minimum atomic E-state index is -0.615. The van der Waals surface area contributed by atoms with E-state index in [1.807, 2.05) is 26.0 Å². The highest BCUT2D eigenvalue weighted by atomic mass is 79.9. The predicted molar refractivity (Wildman–Crippen MR) is 56.0 cm³/mol. The lowest BCUT2D eigenvalue weighted by atomic mass is 10.3. The van der Waals surface area contributed by atoms with Crippen LogP contribution in [0.3, 0.4) is 0 Å². The monoisotopic (exact) mass is 258 g/mol. The van der Waals surface area contributed by atoms with E-state index in [1.165, 1.54) is 0 Å². The normalized spacial score (nSPS) is 16.9. The van der Waals surface area contributed by atoms with Crippen LogP contribution in [0.1, 0.15) is 13.8 Å². The maximum absolute atomic E-state index is 5.60. The Bertz CT molecular complexity index is 374. The van der Waals surface area contributed by atoms with E-state index < -0.39 is 5.79 Å². The van der Waals surface area contributed by atoms with E-state index in [2.05, 4.69) is 15.9 Å². The summed E-state index contributed by atoms with van der Waals surface area (Å²) in [6.07, 6.45) is 0. The Balaban J connectivity index is 2.50. The van der Waals surface area contributed by atoms with Crippen LogP contribution in [0.5, 0.6) is 17.2 Å². The molecule has 1 heterocycles. The Morgan fingerprint density at radius 2 is 2.00 bits per heavy atom. The van der Waals surface area contributed by atoms with Gasteiger partial charge in [-0.05, 0) is 12.1 Å². The fraction of sp³-hybridized carbons (Fsp3) is 0.400. The molecule has 14 heavy (non-hydrogen) atoms. The largest absolute Gasteiger partial charge is 0.493 e. The van der Waals surface area contributed by atoms with Crippen molar-refractivity contribution in [3.05, 3.63) is 16.6 Å². The molecular formula is C10H11BrO3. The maximum atomic E-state index is 5.60. The predicted octanol–water partition coefficient (Wildman–Crippen LogP) is 2.97. The van der Waals surface area contributed by atoms with Crippen molar-refractivity contribution < 1.29 is 14.2 Å². The molecule has 4 heteroatoms. The standard InChI is InChI=1S/C10H11BrO3/c1-10(2)13-8-5-6(11)4-7(12-3)9(8)14-10/h4-5H,1-3H3. The molecule has 0 aliphatic carbocycles.